The summed E-state index contributed by atoms with van der Waals surface area (Å²) >= 11 is 0. The lowest BCUT2D eigenvalue weighted by Gasteiger charge is -2.59. The van der Waals surface area contributed by atoms with Gasteiger partial charge < -0.3 is 9.80 Å². The fourth-order valence-electron chi connectivity index (χ4n) is 6.03. The van der Waals surface area contributed by atoms with Crippen LogP contribution in [0.1, 0.15) is 51.1 Å². The van der Waals surface area contributed by atoms with E-state index >= 15 is 0 Å². The van der Waals surface area contributed by atoms with Crippen molar-refractivity contribution in [1.29, 1.82) is 0 Å². The van der Waals surface area contributed by atoms with Crippen molar-refractivity contribution in [3.63, 3.8) is 0 Å². The number of anilines is 1. The molecule has 3 atom stereocenters. The second kappa shape index (κ2) is 9.27. The minimum Gasteiger partial charge on any atom is -0.366 e. The SMILES string of the molecule is CC#CCN1CC[C@@]2(C[C@@H]1C)C(N1CCC1c1ccccc1)=CCC(=O)N2c1cccc(F)c1. The number of likely N-dealkylation sites (tertiary alicyclic amines) is 2. The summed E-state index contributed by atoms with van der Waals surface area (Å²) in [6.45, 7) is 6.64. The number of carbonyl (C=O) groups is 1. The van der Waals surface area contributed by atoms with Crippen LogP contribution in [0.4, 0.5) is 10.1 Å². The summed E-state index contributed by atoms with van der Waals surface area (Å²) in [5.74, 6) is 5.94. The van der Waals surface area contributed by atoms with Gasteiger partial charge in [0.05, 0.1) is 18.1 Å². The summed E-state index contributed by atoms with van der Waals surface area (Å²) in [4.78, 5) is 20.3. The Morgan fingerprint density at radius 3 is 2.62 bits per heavy atom. The molecule has 5 heteroatoms. The topological polar surface area (TPSA) is 26.8 Å². The zero-order valence-corrected chi connectivity index (χ0v) is 20.0. The first-order valence-corrected chi connectivity index (χ1v) is 12.3. The number of halogens is 1. The van der Waals surface area contributed by atoms with E-state index in [1.54, 1.807) is 6.07 Å². The molecular weight excluding hydrogens is 425 g/mol. The van der Waals surface area contributed by atoms with Crippen LogP contribution in [0.3, 0.4) is 0 Å². The van der Waals surface area contributed by atoms with Gasteiger partial charge in [-0.2, -0.15) is 0 Å². The summed E-state index contributed by atoms with van der Waals surface area (Å²) < 4.78 is 14.3. The van der Waals surface area contributed by atoms with Crippen molar-refractivity contribution in [1.82, 2.24) is 9.80 Å². The van der Waals surface area contributed by atoms with Crippen LogP contribution in [0.15, 0.2) is 66.4 Å². The average molecular weight is 458 g/mol. The highest BCUT2D eigenvalue weighted by Gasteiger charge is 2.53. The summed E-state index contributed by atoms with van der Waals surface area (Å²) in [6.07, 6.45) is 5.19. The maximum atomic E-state index is 14.3. The van der Waals surface area contributed by atoms with Crippen molar-refractivity contribution in [2.45, 2.75) is 57.2 Å². The number of benzene rings is 2. The van der Waals surface area contributed by atoms with E-state index < -0.39 is 5.54 Å². The van der Waals surface area contributed by atoms with Crippen molar-refractivity contribution >= 4 is 11.6 Å². The number of rotatable bonds is 4. The van der Waals surface area contributed by atoms with Crippen molar-refractivity contribution < 1.29 is 9.18 Å². The average Bonchev–Trinajstić information content (AvgIpc) is 2.81. The van der Waals surface area contributed by atoms with Crippen molar-refractivity contribution in [2.75, 3.05) is 24.5 Å². The first-order chi connectivity index (χ1) is 16.5. The Morgan fingerprint density at radius 2 is 1.94 bits per heavy atom. The van der Waals surface area contributed by atoms with Crippen LogP contribution in [0.2, 0.25) is 0 Å². The standard InChI is InChI=1S/C29H32FN3O/c1-3-4-17-31-19-16-29(21-22(31)2)27(32-18-15-26(32)23-9-6-5-7-10-23)13-14-28(34)33(29)25-12-8-11-24(30)20-25/h5-13,20,22,26H,14-19,21H2,1-2H3/t22-,26?,29+/m0/s1. The molecule has 0 aliphatic carbocycles. The van der Waals surface area contributed by atoms with Crippen LogP contribution < -0.4 is 4.90 Å². The van der Waals surface area contributed by atoms with Crippen molar-refractivity contribution in [2.24, 2.45) is 0 Å². The van der Waals surface area contributed by atoms with Gasteiger partial charge in [0.25, 0.3) is 0 Å². The van der Waals surface area contributed by atoms with Crippen LogP contribution in [0, 0.1) is 17.7 Å². The van der Waals surface area contributed by atoms with E-state index in [0.29, 0.717) is 18.2 Å². The largest absolute Gasteiger partial charge is 0.366 e. The molecule has 5 rings (SSSR count). The first kappa shape index (κ1) is 22.7. The molecule has 0 aromatic heterocycles. The van der Waals surface area contributed by atoms with Gasteiger partial charge in [-0.1, -0.05) is 48.4 Å². The van der Waals surface area contributed by atoms with Crippen LogP contribution >= 0.6 is 0 Å². The van der Waals surface area contributed by atoms with Gasteiger partial charge in [0, 0.05) is 36.9 Å². The molecule has 1 unspecified atom stereocenters. The number of amides is 1. The fraction of sp³-hybridized carbons (Fsp3) is 0.414. The van der Waals surface area contributed by atoms with Crippen LogP contribution in [0.5, 0.6) is 0 Å². The third-order valence-electron chi connectivity index (χ3n) is 7.73. The normalized spacial score (nSPS) is 27.1. The lowest BCUT2D eigenvalue weighted by molar-refractivity contribution is -0.120. The summed E-state index contributed by atoms with van der Waals surface area (Å²) in [7, 11) is 0. The molecule has 1 spiro atoms. The highest BCUT2D eigenvalue weighted by molar-refractivity contribution is 5.98. The number of carbonyl (C=O) groups excluding carboxylic acids is 1. The van der Waals surface area contributed by atoms with Crippen LogP contribution in [-0.4, -0.2) is 46.9 Å². The van der Waals surface area contributed by atoms with Gasteiger partial charge in [0.15, 0.2) is 0 Å². The lowest BCUT2D eigenvalue weighted by Crippen LogP contribution is -2.66. The molecule has 0 N–H and O–H groups in total. The zero-order valence-electron chi connectivity index (χ0n) is 20.0. The molecular formula is C29H32FN3O. The van der Waals surface area contributed by atoms with E-state index in [2.05, 4.69) is 65.0 Å². The van der Waals surface area contributed by atoms with Gasteiger partial charge in [-0.05, 0) is 56.9 Å². The van der Waals surface area contributed by atoms with E-state index in [1.165, 1.54) is 23.4 Å². The maximum absolute atomic E-state index is 14.3. The number of piperidine rings is 1. The van der Waals surface area contributed by atoms with Gasteiger partial charge in [0.1, 0.15) is 5.82 Å². The Morgan fingerprint density at radius 1 is 1.12 bits per heavy atom. The van der Waals surface area contributed by atoms with Crippen molar-refractivity contribution in [3.8, 4) is 11.8 Å². The molecule has 2 aromatic rings. The van der Waals surface area contributed by atoms with Gasteiger partial charge >= 0.3 is 0 Å². The molecule has 3 aliphatic heterocycles. The van der Waals surface area contributed by atoms with E-state index in [-0.39, 0.29) is 17.8 Å². The molecule has 2 aromatic carbocycles. The Kier molecular flexibility index (Phi) is 6.18. The van der Waals surface area contributed by atoms with Crippen LogP contribution in [0.25, 0.3) is 0 Å². The summed E-state index contributed by atoms with van der Waals surface area (Å²) in [5, 5.41) is 0. The van der Waals surface area contributed by atoms with E-state index in [4.69, 9.17) is 0 Å². The van der Waals surface area contributed by atoms with E-state index in [1.807, 2.05) is 17.9 Å². The Bertz CT molecular complexity index is 1150. The predicted octanol–water partition coefficient (Wildman–Crippen LogP) is 5.14. The monoisotopic (exact) mass is 457 g/mol. The predicted molar refractivity (Wildman–Crippen MR) is 134 cm³/mol. The molecule has 3 heterocycles. The second-order valence-corrected chi connectivity index (χ2v) is 9.64. The molecule has 2 fully saturated rings. The number of hydrogen-bond acceptors (Lipinski definition) is 3. The molecule has 0 saturated carbocycles. The van der Waals surface area contributed by atoms with Gasteiger partial charge in [-0.3, -0.25) is 9.69 Å². The van der Waals surface area contributed by atoms with Crippen molar-refractivity contribution in [3.05, 3.63) is 77.8 Å². The first-order valence-electron chi connectivity index (χ1n) is 12.3. The lowest BCUT2D eigenvalue weighted by atomic mass is 9.74. The highest BCUT2D eigenvalue weighted by Crippen LogP contribution is 2.49. The molecule has 4 nitrogen and oxygen atoms in total. The molecule has 0 radical (unpaired) electrons. The highest BCUT2D eigenvalue weighted by atomic mass is 19.1. The summed E-state index contributed by atoms with van der Waals surface area (Å²) in [6, 6.07) is 17.7. The zero-order chi connectivity index (χ0) is 23.7. The summed E-state index contributed by atoms with van der Waals surface area (Å²) in [5.41, 5.74) is 2.69. The third-order valence-corrected chi connectivity index (χ3v) is 7.73. The molecule has 0 bridgehead atoms. The van der Waals surface area contributed by atoms with E-state index in [9.17, 15) is 9.18 Å². The Balaban J connectivity index is 1.56. The maximum Gasteiger partial charge on any atom is 0.231 e. The Hall–Kier alpha value is -3.10. The molecule has 176 valence electrons. The minimum absolute atomic E-state index is 0.0418. The molecule has 34 heavy (non-hydrogen) atoms. The number of hydrogen-bond donors (Lipinski definition) is 0. The Labute approximate surface area is 202 Å². The third kappa shape index (κ3) is 3.91. The fourth-order valence-corrected chi connectivity index (χ4v) is 6.03. The quantitative estimate of drug-likeness (QED) is 0.595. The smallest absolute Gasteiger partial charge is 0.231 e. The molecule has 3 aliphatic rings. The minimum atomic E-state index is -0.494. The van der Waals surface area contributed by atoms with Gasteiger partial charge in [-0.15, -0.1) is 5.92 Å². The number of nitrogens with zero attached hydrogens (tertiary/aromatic N) is 3. The second-order valence-electron chi connectivity index (χ2n) is 9.64. The van der Waals surface area contributed by atoms with E-state index in [0.717, 1.165) is 38.9 Å². The molecule has 2 saturated heterocycles. The van der Waals surface area contributed by atoms with Gasteiger partial charge in [0.2, 0.25) is 5.91 Å². The molecule has 1 amide bonds. The van der Waals surface area contributed by atoms with Crippen LogP contribution in [-0.2, 0) is 4.79 Å². The van der Waals surface area contributed by atoms with Gasteiger partial charge in [-0.25, -0.2) is 4.39 Å².